The number of aliphatic carboxylic acids is 1. The predicted octanol–water partition coefficient (Wildman–Crippen LogP) is -1.28. The van der Waals surface area contributed by atoms with Gasteiger partial charge < -0.3 is 21.9 Å². The van der Waals surface area contributed by atoms with Crippen LogP contribution in [0.5, 0.6) is 0 Å². The molecule has 1 heterocycles. The second-order valence-electron chi connectivity index (χ2n) is 3.51. The third-order valence-corrected chi connectivity index (χ3v) is 2.03. The van der Waals surface area contributed by atoms with Crippen LogP contribution >= 0.6 is 0 Å². The van der Waals surface area contributed by atoms with Crippen molar-refractivity contribution in [2.45, 2.75) is 12.5 Å². The molecule has 1 atom stereocenters. The molecule has 0 aliphatic carbocycles. The van der Waals surface area contributed by atoms with Crippen LogP contribution in [0.4, 0.5) is 5.69 Å². The lowest BCUT2D eigenvalue weighted by atomic mass is 10.2. The average molecular weight is 252 g/mol. The second kappa shape index (κ2) is 5.62. The number of amides is 2. The molecule has 1 rings (SSSR count). The van der Waals surface area contributed by atoms with Gasteiger partial charge in [0.2, 0.25) is 5.91 Å². The molecule has 0 saturated carbocycles. The molecule has 1 aromatic rings. The first-order valence-electron chi connectivity index (χ1n) is 4.93. The summed E-state index contributed by atoms with van der Waals surface area (Å²) in [4.78, 5) is 36.8. The maximum atomic E-state index is 11.6. The Balaban J connectivity index is 2.75. The number of aromatic nitrogens is 1. The highest BCUT2D eigenvalue weighted by Gasteiger charge is 2.23. The van der Waals surface area contributed by atoms with Crippen LogP contribution in [-0.4, -0.2) is 33.9 Å². The lowest BCUT2D eigenvalue weighted by Crippen LogP contribution is -2.43. The van der Waals surface area contributed by atoms with E-state index in [9.17, 15) is 14.4 Å². The van der Waals surface area contributed by atoms with Gasteiger partial charge in [-0.25, -0.2) is 9.78 Å². The highest BCUT2D eigenvalue weighted by molar-refractivity contribution is 5.96. The van der Waals surface area contributed by atoms with E-state index in [1.807, 2.05) is 0 Å². The number of hydrogen-bond donors (Lipinski definition) is 4. The Bertz CT molecular complexity index is 471. The number of hydrogen-bond acceptors (Lipinski definition) is 5. The van der Waals surface area contributed by atoms with E-state index < -0.39 is 30.2 Å². The molecule has 8 nitrogen and oxygen atoms in total. The minimum atomic E-state index is -1.38. The number of rotatable bonds is 5. The Hall–Kier alpha value is -2.64. The molecule has 0 bridgehead atoms. The van der Waals surface area contributed by atoms with Gasteiger partial charge in [0, 0.05) is 0 Å². The van der Waals surface area contributed by atoms with Gasteiger partial charge in [-0.3, -0.25) is 9.59 Å². The fourth-order valence-electron chi connectivity index (χ4n) is 1.17. The molecule has 18 heavy (non-hydrogen) atoms. The molecule has 0 fully saturated rings. The van der Waals surface area contributed by atoms with Gasteiger partial charge in [-0.2, -0.15) is 0 Å². The molecule has 8 heteroatoms. The van der Waals surface area contributed by atoms with Crippen molar-refractivity contribution in [1.82, 2.24) is 10.3 Å². The Labute approximate surface area is 102 Å². The summed E-state index contributed by atoms with van der Waals surface area (Å²) in [5, 5.41) is 10.9. The van der Waals surface area contributed by atoms with E-state index in [2.05, 4.69) is 10.3 Å². The van der Waals surface area contributed by atoms with E-state index in [1.54, 1.807) is 0 Å². The largest absolute Gasteiger partial charge is 0.480 e. The summed E-state index contributed by atoms with van der Waals surface area (Å²) in [6, 6.07) is 1.41. The first-order chi connectivity index (χ1) is 8.40. The maximum absolute atomic E-state index is 11.6. The van der Waals surface area contributed by atoms with Crippen molar-refractivity contribution in [1.29, 1.82) is 0 Å². The van der Waals surface area contributed by atoms with Crippen LogP contribution in [-0.2, 0) is 9.59 Å². The summed E-state index contributed by atoms with van der Waals surface area (Å²) in [5.74, 6) is -2.89. The van der Waals surface area contributed by atoms with Crippen LogP contribution in [0, 0.1) is 0 Å². The summed E-state index contributed by atoms with van der Waals surface area (Å²) in [6.45, 7) is 0. The zero-order valence-corrected chi connectivity index (χ0v) is 9.29. The molecule has 0 spiro atoms. The number of pyridine rings is 1. The first kappa shape index (κ1) is 13.4. The molecule has 0 aliphatic rings. The van der Waals surface area contributed by atoms with Gasteiger partial charge in [0.15, 0.2) is 0 Å². The van der Waals surface area contributed by atoms with E-state index in [1.165, 1.54) is 18.3 Å². The monoisotopic (exact) mass is 252 g/mol. The van der Waals surface area contributed by atoms with Gasteiger partial charge in [-0.1, -0.05) is 0 Å². The minimum absolute atomic E-state index is 0.0000737. The van der Waals surface area contributed by atoms with Crippen LogP contribution in [0.25, 0.3) is 0 Å². The molecule has 1 unspecified atom stereocenters. The maximum Gasteiger partial charge on any atom is 0.326 e. The zero-order valence-electron chi connectivity index (χ0n) is 9.29. The van der Waals surface area contributed by atoms with Crippen LogP contribution < -0.4 is 16.8 Å². The van der Waals surface area contributed by atoms with E-state index in [4.69, 9.17) is 16.6 Å². The second-order valence-corrected chi connectivity index (χ2v) is 3.51. The third kappa shape index (κ3) is 3.74. The van der Waals surface area contributed by atoms with E-state index in [-0.39, 0.29) is 5.69 Å². The molecule has 2 amide bonds. The first-order valence-corrected chi connectivity index (χ1v) is 4.93. The van der Waals surface area contributed by atoms with Crippen molar-refractivity contribution in [3.63, 3.8) is 0 Å². The third-order valence-electron chi connectivity index (χ3n) is 2.03. The van der Waals surface area contributed by atoms with E-state index in [0.29, 0.717) is 5.69 Å². The molecule has 0 saturated heterocycles. The Morgan fingerprint density at radius 2 is 2.06 bits per heavy atom. The number of carboxylic acids is 1. The number of carbonyl (C=O) groups is 3. The lowest BCUT2D eigenvalue weighted by Gasteiger charge is -2.12. The minimum Gasteiger partial charge on any atom is -0.480 e. The van der Waals surface area contributed by atoms with E-state index >= 15 is 0 Å². The van der Waals surface area contributed by atoms with Crippen LogP contribution in [0.15, 0.2) is 18.3 Å². The normalized spacial score (nSPS) is 11.6. The Morgan fingerprint density at radius 3 is 2.50 bits per heavy atom. The number of nitrogens with zero attached hydrogens (tertiary/aromatic N) is 1. The Kier molecular flexibility index (Phi) is 4.19. The number of primary amides is 1. The highest BCUT2D eigenvalue weighted by atomic mass is 16.4. The standard InChI is InChI=1S/C10H12N4O4/c11-5-1-2-6(13-4-5)9(16)14-7(10(17)18)3-8(12)15/h1-2,4,7H,3,11H2,(H2,12,15)(H,14,16)(H,17,18). The molecule has 1 aromatic heterocycles. The molecule has 6 N–H and O–H groups in total. The van der Waals surface area contributed by atoms with E-state index in [0.717, 1.165) is 0 Å². The molecule has 0 aromatic carbocycles. The number of anilines is 1. The number of nitrogens with two attached hydrogens (primary N) is 2. The number of carbonyl (C=O) groups excluding carboxylic acids is 2. The van der Waals surface area contributed by atoms with Crippen LogP contribution in [0.1, 0.15) is 16.9 Å². The predicted molar refractivity (Wildman–Crippen MR) is 61.4 cm³/mol. The lowest BCUT2D eigenvalue weighted by molar-refractivity contribution is -0.140. The quantitative estimate of drug-likeness (QED) is 0.513. The molecular formula is C10H12N4O4. The fraction of sp³-hybridized carbons (Fsp3) is 0.200. The summed E-state index contributed by atoms with van der Waals surface area (Å²) in [7, 11) is 0. The zero-order chi connectivity index (χ0) is 13.7. The summed E-state index contributed by atoms with van der Waals surface area (Å²) < 4.78 is 0. The van der Waals surface area contributed by atoms with Crippen molar-refractivity contribution < 1.29 is 19.5 Å². The molecule has 0 aliphatic heterocycles. The molecule has 0 radical (unpaired) electrons. The highest BCUT2D eigenvalue weighted by Crippen LogP contribution is 2.02. The van der Waals surface area contributed by atoms with Gasteiger partial charge in [0.1, 0.15) is 11.7 Å². The molecule has 96 valence electrons. The van der Waals surface area contributed by atoms with Crippen molar-refractivity contribution in [3.8, 4) is 0 Å². The fourth-order valence-corrected chi connectivity index (χ4v) is 1.17. The SMILES string of the molecule is NC(=O)CC(NC(=O)c1ccc(N)cn1)C(=O)O. The summed E-state index contributed by atoms with van der Waals surface area (Å²) in [5.41, 5.74) is 10.6. The van der Waals surface area contributed by atoms with Gasteiger partial charge in [0.05, 0.1) is 18.3 Å². The van der Waals surface area contributed by atoms with Crippen LogP contribution in [0.2, 0.25) is 0 Å². The van der Waals surface area contributed by atoms with Crippen LogP contribution in [0.3, 0.4) is 0 Å². The number of nitrogen functional groups attached to an aromatic ring is 1. The smallest absolute Gasteiger partial charge is 0.326 e. The number of nitrogens with one attached hydrogen (secondary N) is 1. The molecular weight excluding hydrogens is 240 g/mol. The van der Waals surface area contributed by atoms with Gasteiger partial charge in [-0.15, -0.1) is 0 Å². The van der Waals surface area contributed by atoms with Gasteiger partial charge in [-0.05, 0) is 12.1 Å². The Morgan fingerprint density at radius 1 is 1.39 bits per heavy atom. The van der Waals surface area contributed by atoms with Crippen molar-refractivity contribution in [2.75, 3.05) is 5.73 Å². The van der Waals surface area contributed by atoms with Gasteiger partial charge >= 0.3 is 5.97 Å². The van der Waals surface area contributed by atoms with Crippen molar-refractivity contribution in [2.24, 2.45) is 5.73 Å². The average Bonchev–Trinajstić information content (AvgIpc) is 2.28. The summed E-state index contributed by atoms with van der Waals surface area (Å²) >= 11 is 0. The van der Waals surface area contributed by atoms with Crippen molar-refractivity contribution in [3.05, 3.63) is 24.0 Å². The summed E-state index contributed by atoms with van der Waals surface area (Å²) in [6.07, 6.45) is 0.773. The van der Waals surface area contributed by atoms with Crippen molar-refractivity contribution >= 4 is 23.5 Å². The topological polar surface area (TPSA) is 148 Å². The number of carboxylic acid groups (broad SMARTS) is 1. The van der Waals surface area contributed by atoms with Gasteiger partial charge in [0.25, 0.3) is 5.91 Å².